The van der Waals surface area contributed by atoms with E-state index in [4.69, 9.17) is 9.47 Å². The van der Waals surface area contributed by atoms with Gasteiger partial charge < -0.3 is 14.4 Å². The Bertz CT molecular complexity index is 678. The molecule has 0 bridgehead atoms. The Morgan fingerprint density at radius 1 is 1.29 bits per heavy atom. The Morgan fingerprint density at radius 2 is 2.08 bits per heavy atom. The third-order valence-electron chi connectivity index (χ3n) is 3.85. The van der Waals surface area contributed by atoms with Crippen molar-refractivity contribution in [2.45, 2.75) is 25.6 Å². The maximum absolute atomic E-state index is 12.5. The number of nitrogens with zero attached hydrogens (tertiary/aromatic N) is 2. The Balaban J connectivity index is 1.52. The summed E-state index contributed by atoms with van der Waals surface area (Å²) >= 11 is 3.34. The van der Waals surface area contributed by atoms with Gasteiger partial charge in [0.1, 0.15) is 11.9 Å². The van der Waals surface area contributed by atoms with E-state index in [0.29, 0.717) is 24.7 Å². The minimum absolute atomic E-state index is 0.0197. The molecule has 2 heterocycles. The van der Waals surface area contributed by atoms with Gasteiger partial charge in [-0.2, -0.15) is 0 Å². The van der Waals surface area contributed by atoms with Crippen molar-refractivity contribution in [2.24, 2.45) is 0 Å². The maximum Gasteiger partial charge on any atom is 0.263 e. The number of ether oxygens (including phenoxy) is 2. The number of pyridine rings is 1. The second-order valence-electron chi connectivity index (χ2n) is 5.70. The van der Waals surface area contributed by atoms with Gasteiger partial charge in [0.05, 0.1) is 6.54 Å². The van der Waals surface area contributed by atoms with E-state index in [2.05, 4.69) is 20.9 Å². The van der Waals surface area contributed by atoms with Crippen molar-refractivity contribution < 1.29 is 14.3 Å². The third-order valence-corrected chi connectivity index (χ3v) is 4.32. The molecule has 1 fully saturated rings. The van der Waals surface area contributed by atoms with Crippen LogP contribution in [-0.2, 0) is 4.79 Å². The molecule has 6 heteroatoms. The summed E-state index contributed by atoms with van der Waals surface area (Å²) in [6.45, 7) is 3.00. The summed E-state index contributed by atoms with van der Waals surface area (Å²) in [5, 5.41) is 0. The van der Waals surface area contributed by atoms with Gasteiger partial charge >= 0.3 is 0 Å². The highest BCUT2D eigenvalue weighted by Crippen LogP contribution is 2.20. The molecular weight excluding hydrogens is 372 g/mol. The highest BCUT2D eigenvalue weighted by Gasteiger charge is 2.31. The van der Waals surface area contributed by atoms with Gasteiger partial charge in [-0.05, 0) is 41.1 Å². The van der Waals surface area contributed by atoms with Gasteiger partial charge in [0.15, 0.2) is 6.10 Å². The fraction of sp³-hybridized carbons (Fsp3) is 0.333. The maximum atomic E-state index is 12.5. The Labute approximate surface area is 149 Å². The second-order valence-corrected chi connectivity index (χ2v) is 6.62. The van der Waals surface area contributed by atoms with E-state index < -0.39 is 6.10 Å². The predicted octanol–water partition coefficient (Wildman–Crippen LogP) is 3.29. The van der Waals surface area contributed by atoms with E-state index in [-0.39, 0.29) is 12.0 Å². The van der Waals surface area contributed by atoms with Crippen molar-refractivity contribution in [1.82, 2.24) is 9.88 Å². The van der Waals surface area contributed by atoms with Gasteiger partial charge in [0, 0.05) is 29.7 Å². The zero-order valence-electron chi connectivity index (χ0n) is 13.4. The standard InChI is InChI=1S/C18H19BrN2O3/c1-13(23-15-5-3-2-4-6-15)18(22)21-10-9-16(12-21)24-17-8-7-14(19)11-20-17/h2-8,11,13,16H,9-10,12H2,1H3. The fourth-order valence-electron chi connectivity index (χ4n) is 2.64. The molecule has 3 rings (SSSR count). The summed E-state index contributed by atoms with van der Waals surface area (Å²) in [4.78, 5) is 18.5. The van der Waals surface area contributed by atoms with Crippen LogP contribution in [0, 0.1) is 0 Å². The fourth-order valence-corrected chi connectivity index (χ4v) is 2.87. The van der Waals surface area contributed by atoms with Crippen molar-refractivity contribution in [2.75, 3.05) is 13.1 Å². The summed E-state index contributed by atoms with van der Waals surface area (Å²) < 4.78 is 12.5. The molecule has 1 amide bonds. The minimum Gasteiger partial charge on any atom is -0.481 e. The molecule has 1 aromatic carbocycles. The zero-order chi connectivity index (χ0) is 16.9. The Hall–Kier alpha value is -2.08. The van der Waals surface area contributed by atoms with Crippen LogP contribution in [-0.4, -0.2) is 41.1 Å². The van der Waals surface area contributed by atoms with Gasteiger partial charge in [-0.1, -0.05) is 18.2 Å². The highest BCUT2D eigenvalue weighted by molar-refractivity contribution is 9.10. The van der Waals surface area contributed by atoms with Crippen LogP contribution in [0.3, 0.4) is 0 Å². The van der Waals surface area contributed by atoms with Crippen LogP contribution in [0.5, 0.6) is 11.6 Å². The number of carbonyl (C=O) groups excluding carboxylic acids is 1. The molecule has 0 spiro atoms. The van der Waals surface area contributed by atoms with Crippen LogP contribution in [0.1, 0.15) is 13.3 Å². The second kappa shape index (κ2) is 7.66. The monoisotopic (exact) mass is 390 g/mol. The average molecular weight is 391 g/mol. The van der Waals surface area contributed by atoms with Crippen molar-refractivity contribution in [3.8, 4) is 11.6 Å². The van der Waals surface area contributed by atoms with Gasteiger partial charge in [-0.3, -0.25) is 4.79 Å². The lowest BCUT2D eigenvalue weighted by atomic mass is 10.3. The van der Waals surface area contributed by atoms with Crippen LogP contribution < -0.4 is 9.47 Å². The molecule has 1 saturated heterocycles. The number of likely N-dealkylation sites (tertiary alicyclic amines) is 1. The first-order valence-electron chi connectivity index (χ1n) is 7.90. The molecule has 0 radical (unpaired) electrons. The van der Waals surface area contributed by atoms with E-state index >= 15 is 0 Å². The molecule has 5 nitrogen and oxygen atoms in total. The summed E-state index contributed by atoms with van der Waals surface area (Å²) in [7, 11) is 0. The van der Waals surface area contributed by atoms with E-state index in [1.165, 1.54) is 0 Å². The lowest BCUT2D eigenvalue weighted by molar-refractivity contribution is -0.137. The quantitative estimate of drug-likeness (QED) is 0.785. The number of rotatable bonds is 5. The lowest BCUT2D eigenvalue weighted by Crippen LogP contribution is -2.40. The first kappa shape index (κ1) is 16.8. The van der Waals surface area contributed by atoms with Gasteiger partial charge in [0.2, 0.25) is 5.88 Å². The third kappa shape index (κ3) is 4.26. The lowest BCUT2D eigenvalue weighted by Gasteiger charge is -2.21. The zero-order valence-corrected chi connectivity index (χ0v) is 15.0. The molecule has 1 aliphatic rings. The SMILES string of the molecule is CC(Oc1ccccc1)C(=O)N1CCC(Oc2ccc(Br)cn2)C1. The smallest absolute Gasteiger partial charge is 0.263 e. The van der Waals surface area contributed by atoms with Crippen LogP contribution in [0.2, 0.25) is 0 Å². The summed E-state index contributed by atoms with van der Waals surface area (Å²) in [5.74, 6) is 1.25. The normalized spacial score (nSPS) is 18.2. The number of para-hydroxylation sites is 1. The van der Waals surface area contributed by atoms with Crippen LogP contribution in [0.25, 0.3) is 0 Å². The van der Waals surface area contributed by atoms with Crippen molar-refractivity contribution in [3.63, 3.8) is 0 Å². The van der Waals surface area contributed by atoms with Gasteiger partial charge in [-0.15, -0.1) is 0 Å². The molecule has 1 aromatic heterocycles. The average Bonchev–Trinajstić information content (AvgIpc) is 3.05. The number of aromatic nitrogens is 1. The van der Waals surface area contributed by atoms with Crippen molar-refractivity contribution in [3.05, 3.63) is 53.1 Å². The van der Waals surface area contributed by atoms with Crippen LogP contribution in [0.15, 0.2) is 53.1 Å². The summed E-state index contributed by atoms with van der Waals surface area (Å²) in [6.07, 6.45) is 1.94. The number of amides is 1. The number of benzene rings is 1. The van der Waals surface area contributed by atoms with Gasteiger partial charge in [-0.25, -0.2) is 4.98 Å². The summed E-state index contributed by atoms with van der Waals surface area (Å²) in [5.41, 5.74) is 0. The molecule has 2 aromatic rings. The molecule has 126 valence electrons. The predicted molar refractivity (Wildman–Crippen MR) is 94.1 cm³/mol. The van der Waals surface area contributed by atoms with Gasteiger partial charge in [0.25, 0.3) is 5.91 Å². The summed E-state index contributed by atoms with van der Waals surface area (Å²) in [6, 6.07) is 13.1. The molecule has 0 saturated carbocycles. The van der Waals surface area contributed by atoms with Crippen molar-refractivity contribution >= 4 is 21.8 Å². The molecule has 0 N–H and O–H groups in total. The minimum atomic E-state index is -0.517. The largest absolute Gasteiger partial charge is 0.481 e. The highest BCUT2D eigenvalue weighted by atomic mass is 79.9. The topological polar surface area (TPSA) is 51.7 Å². The first-order chi connectivity index (χ1) is 11.6. The molecule has 2 atom stereocenters. The Morgan fingerprint density at radius 3 is 2.79 bits per heavy atom. The number of hydrogen-bond acceptors (Lipinski definition) is 4. The van der Waals surface area contributed by atoms with Crippen LogP contribution in [0.4, 0.5) is 0 Å². The molecule has 24 heavy (non-hydrogen) atoms. The molecular formula is C18H19BrN2O3. The number of hydrogen-bond donors (Lipinski definition) is 0. The van der Waals surface area contributed by atoms with E-state index in [0.717, 1.165) is 10.9 Å². The van der Waals surface area contributed by atoms with E-state index in [9.17, 15) is 4.79 Å². The molecule has 1 aliphatic heterocycles. The first-order valence-corrected chi connectivity index (χ1v) is 8.70. The molecule has 0 aliphatic carbocycles. The van der Waals surface area contributed by atoms with Crippen molar-refractivity contribution in [1.29, 1.82) is 0 Å². The molecule has 2 unspecified atom stereocenters. The van der Waals surface area contributed by atoms with E-state index in [1.54, 1.807) is 18.0 Å². The number of halogens is 1. The van der Waals surface area contributed by atoms with E-state index in [1.807, 2.05) is 42.5 Å². The Kier molecular flexibility index (Phi) is 5.35. The number of carbonyl (C=O) groups is 1. The van der Waals surface area contributed by atoms with Crippen LogP contribution >= 0.6 is 15.9 Å².